The maximum atomic E-state index is 10.9. The second-order valence-electron chi connectivity index (χ2n) is 8.79. The van der Waals surface area contributed by atoms with E-state index in [0.717, 1.165) is 5.56 Å². The van der Waals surface area contributed by atoms with Crippen LogP contribution in [0, 0.1) is 0 Å². The Kier molecular flexibility index (Phi) is 10.1. The second-order valence-corrected chi connectivity index (χ2v) is 8.79. The molecular formula is C28H34N2O6. The second kappa shape index (κ2) is 13.5. The fourth-order valence-electron chi connectivity index (χ4n) is 3.84. The zero-order valence-corrected chi connectivity index (χ0v) is 20.4. The largest absolute Gasteiger partial charge is 0.508 e. The van der Waals surface area contributed by atoms with Crippen LogP contribution in [-0.2, 0) is 11.2 Å². The van der Waals surface area contributed by atoms with Crippen molar-refractivity contribution in [3.8, 4) is 17.2 Å². The van der Waals surface area contributed by atoms with Crippen molar-refractivity contribution in [3.63, 3.8) is 0 Å². The highest BCUT2D eigenvalue weighted by Crippen LogP contribution is 2.21. The van der Waals surface area contributed by atoms with E-state index in [1.54, 1.807) is 24.3 Å². The summed E-state index contributed by atoms with van der Waals surface area (Å²) in [6.45, 7) is 2.55. The highest BCUT2D eigenvalue weighted by molar-refractivity contribution is 5.75. The summed E-state index contributed by atoms with van der Waals surface area (Å²) in [7, 11) is 0. The molecule has 8 nitrogen and oxygen atoms in total. The number of aliphatic hydroxyl groups is 2. The van der Waals surface area contributed by atoms with Crippen LogP contribution < -0.4 is 15.2 Å². The Morgan fingerprint density at radius 1 is 0.889 bits per heavy atom. The lowest BCUT2D eigenvalue weighted by Gasteiger charge is -2.33. The minimum absolute atomic E-state index is 0.0273. The standard InChI is InChI=1S/C28H34N2O6/c1-20(15-21-7-13-26(14-8-21)36-19-28(29)34)30(17-27(33)22-9-11-23(31)12-10-22)16-24(32)18-35-25-5-3-2-4-6-25/h2-14,20,24,27,31-33H,15-19H2,1H3,(H2,29,34)/t20-,24-,27+/m1/s1. The Hall–Kier alpha value is -3.59. The van der Waals surface area contributed by atoms with Gasteiger partial charge in [-0.25, -0.2) is 0 Å². The van der Waals surface area contributed by atoms with Gasteiger partial charge in [-0.15, -0.1) is 0 Å². The number of benzene rings is 3. The Bertz CT molecular complexity index is 1060. The predicted octanol–water partition coefficient (Wildman–Crippen LogP) is 2.66. The van der Waals surface area contributed by atoms with Crippen molar-refractivity contribution in [2.45, 2.75) is 31.6 Å². The molecule has 0 saturated heterocycles. The molecule has 0 aliphatic carbocycles. The van der Waals surface area contributed by atoms with Gasteiger partial charge in [-0.3, -0.25) is 9.69 Å². The zero-order chi connectivity index (χ0) is 25.9. The lowest BCUT2D eigenvalue weighted by molar-refractivity contribution is -0.119. The molecule has 192 valence electrons. The normalized spacial score (nSPS) is 13.7. The van der Waals surface area contributed by atoms with E-state index in [0.29, 0.717) is 30.0 Å². The molecule has 0 heterocycles. The van der Waals surface area contributed by atoms with Gasteiger partial charge in [-0.2, -0.15) is 0 Å². The summed E-state index contributed by atoms with van der Waals surface area (Å²) >= 11 is 0. The molecular weight excluding hydrogens is 460 g/mol. The molecule has 8 heteroatoms. The topological polar surface area (TPSA) is 125 Å². The maximum absolute atomic E-state index is 10.9. The van der Waals surface area contributed by atoms with Gasteiger partial charge in [0.05, 0.1) is 6.10 Å². The van der Waals surface area contributed by atoms with Gasteiger partial charge in [-0.05, 0) is 60.9 Å². The predicted molar refractivity (Wildman–Crippen MR) is 137 cm³/mol. The van der Waals surface area contributed by atoms with Gasteiger partial charge < -0.3 is 30.5 Å². The van der Waals surface area contributed by atoms with E-state index in [2.05, 4.69) is 0 Å². The molecule has 0 fully saturated rings. The van der Waals surface area contributed by atoms with Crippen molar-refractivity contribution in [2.24, 2.45) is 5.73 Å². The van der Waals surface area contributed by atoms with Crippen molar-refractivity contribution in [1.29, 1.82) is 0 Å². The number of primary amides is 1. The summed E-state index contributed by atoms with van der Waals surface area (Å²) in [5.41, 5.74) is 6.83. The van der Waals surface area contributed by atoms with Gasteiger partial charge in [-0.1, -0.05) is 42.5 Å². The van der Waals surface area contributed by atoms with Crippen LogP contribution in [0.25, 0.3) is 0 Å². The summed E-state index contributed by atoms with van der Waals surface area (Å²) in [5.74, 6) is 0.829. The minimum atomic E-state index is -0.806. The molecule has 0 aliphatic rings. The lowest BCUT2D eigenvalue weighted by atomic mass is 10.0. The molecule has 0 aliphatic heterocycles. The first kappa shape index (κ1) is 27.0. The lowest BCUT2D eigenvalue weighted by Crippen LogP contribution is -2.44. The molecule has 0 bridgehead atoms. The molecule has 3 aromatic rings. The van der Waals surface area contributed by atoms with Gasteiger partial charge in [0.15, 0.2) is 6.61 Å². The Morgan fingerprint density at radius 2 is 1.53 bits per heavy atom. The number of carbonyl (C=O) groups excluding carboxylic acids is 1. The van der Waals surface area contributed by atoms with Crippen LogP contribution in [0.5, 0.6) is 17.2 Å². The first-order valence-electron chi connectivity index (χ1n) is 11.9. The minimum Gasteiger partial charge on any atom is -0.508 e. The molecule has 0 radical (unpaired) electrons. The number of para-hydroxylation sites is 1. The van der Waals surface area contributed by atoms with Crippen LogP contribution in [0.4, 0.5) is 0 Å². The smallest absolute Gasteiger partial charge is 0.255 e. The number of phenolic OH excluding ortho intramolecular Hbond substituents is 1. The van der Waals surface area contributed by atoms with Crippen LogP contribution in [0.1, 0.15) is 24.2 Å². The van der Waals surface area contributed by atoms with Gasteiger partial charge in [0.2, 0.25) is 0 Å². The van der Waals surface area contributed by atoms with E-state index in [1.165, 1.54) is 12.1 Å². The molecule has 0 aromatic heterocycles. The number of ether oxygens (including phenoxy) is 2. The number of hydrogen-bond donors (Lipinski definition) is 4. The van der Waals surface area contributed by atoms with Gasteiger partial charge in [0.25, 0.3) is 5.91 Å². The molecule has 3 atom stereocenters. The zero-order valence-electron chi connectivity index (χ0n) is 20.4. The highest BCUT2D eigenvalue weighted by Gasteiger charge is 2.22. The Labute approximate surface area is 211 Å². The van der Waals surface area contributed by atoms with Gasteiger partial charge in [0, 0.05) is 19.1 Å². The maximum Gasteiger partial charge on any atom is 0.255 e. The van der Waals surface area contributed by atoms with Crippen molar-refractivity contribution in [2.75, 3.05) is 26.3 Å². The summed E-state index contributed by atoms with van der Waals surface area (Å²) in [4.78, 5) is 12.9. The van der Waals surface area contributed by atoms with E-state index in [-0.39, 0.29) is 31.5 Å². The third kappa shape index (κ3) is 8.88. The fraction of sp³-hybridized carbons (Fsp3) is 0.321. The summed E-state index contributed by atoms with van der Waals surface area (Å²) in [5, 5.41) is 31.1. The van der Waals surface area contributed by atoms with Gasteiger partial charge >= 0.3 is 0 Å². The number of amides is 1. The van der Waals surface area contributed by atoms with Gasteiger partial charge in [0.1, 0.15) is 30.0 Å². The number of nitrogens with zero attached hydrogens (tertiary/aromatic N) is 1. The van der Waals surface area contributed by atoms with Crippen LogP contribution in [-0.4, -0.2) is 64.6 Å². The van der Waals surface area contributed by atoms with Crippen molar-refractivity contribution in [1.82, 2.24) is 4.90 Å². The molecule has 5 N–H and O–H groups in total. The summed E-state index contributed by atoms with van der Waals surface area (Å²) in [6, 6.07) is 23.1. The Balaban J connectivity index is 1.65. The van der Waals surface area contributed by atoms with Crippen LogP contribution in [0.15, 0.2) is 78.9 Å². The van der Waals surface area contributed by atoms with E-state index >= 15 is 0 Å². The number of aliphatic hydroxyl groups excluding tert-OH is 2. The average Bonchev–Trinajstić information content (AvgIpc) is 2.87. The van der Waals surface area contributed by atoms with E-state index < -0.39 is 18.1 Å². The molecule has 3 rings (SSSR count). The molecule has 1 amide bonds. The number of nitrogens with two attached hydrogens (primary N) is 1. The first-order valence-corrected chi connectivity index (χ1v) is 11.9. The fourth-order valence-corrected chi connectivity index (χ4v) is 3.84. The van der Waals surface area contributed by atoms with Crippen molar-refractivity contribution in [3.05, 3.63) is 90.0 Å². The van der Waals surface area contributed by atoms with E-state index in [9.17, 15) is 20.1 Å². The van der Waals surface area contributed by atoms with Crippen LogP contribution in [0.3, 0.4) is 0 Å². The van der Waals surface area contributed by atoms with Crippen LogP contribution in [0.2, 0.25) is 0 Å². The number of carbonyl (C=O) groups is 1. The monoisotopic (exact) mass is 494 g/mol. The quantitative estimate of drug-likeness (QED) is 0.271. The van der Waals surface area contributed by atoms with E-state index in [4.69, 9.17) is 15.2 Å². The molecule has 0 saturated carbocycles. The first-order chi connectivity index (χ1) is 17.3. The van der Waals surface area contributed by atoms with Crippen molar-refractivity contribution >= 4 is 5.91 Å². The SMILES string of the molecule is C[C@H](Cc1ccc(OCC(N)=O)cc1)N(C[C@@H](O)COc1ccccc1)C[C@H](O)c1ccc(O)cc1. The molecule has 3 aromatic carbocycles. The third-order valence-electron chi connectivity index (χ3n) is 5.78. The molecule has 36 heavy (non-hydrogen) atoms. The summed E-state index contributed by atoms with van der Waals surface area (Å²) in [6.07, 6.45) is -0.922. The third-order valence-corrected chi connectivity index (χ3v) is 5.78. The summed E-state index contributed by atoms with van der Waals surface area (Å²) < 4.78 is 11.0. The number of rotatable bonds is 14. The van der Waals surface area contributed by atoms with Crippen LogP contribution >= 0.6 is 0 Å². The molecule has 0 unspecified atom stereocenters. The number of hydrogen-bond acceptors (Lipinski definition) is 7. The Morgan fingerprint density at radius 3 is 2.17 bits per heavy atom. The molecule has 0 spiro atoms. The average molecular weight is 495 g/mol. The number of aromatic hydroxyl groups is 1. The number of phenols is 1. The van der Waals surface area contributed by atoms with E-state index in [1.807, 2.05) is 54.3 Å². The van der Waals surface area contributed by atoms with Crippen molar-refractivity contribution < 1.29 is 29.6 Å². The highest BCUT2D eigenvalue weighted by atomic mass is 16.5.